The summed E-state index contributed by atoms with van der Waals surface area (Å²) in [6, 6.07) is 4.25. The predicted octanol–water partition coefficient (Wildman–Crippen LogP) is 3.06. The van der Waals surface area contributed by atoms with E-state index in [1.165, 1.54) is 0 Å². The maximum absolute atomic E-state index is 5.87. The van der Waals surface area contributed by atoms with Gasteiger partial charge in [-0.15, -0.1) is 0 Å². The van der Waals surface area contributed by atoms with E-state index < -0.39 is 0 Å². The van der Waals surface area contributed by atoms with Crippen LogP contribution >= 0.6 is 15.9 Å². The zero-order valence-corrected chi connectivity index (χ0v) is 12.9. The van der Waals surface area contributed by atoms with E-state index in [-0.39, 0.29) is 6.04 Å². The molecule has 0 heterocycles. The van der Waals surface area contributed by atoms with Gasteiger partial charge in [0.25, 0.3) is 0 Å². The Morgan fingerprint density at radius 3 is 2.67 bits per heavy atom. The number of benzene rings is 1. The van der Waals surface area contributed by atoms with Crippen molar-refractivity contribution in [1.82, 2.24) is 0 Å². The van der Waals surface area contributed by atoms with Crippen LogP contribution in [0.25, 0.3) is 0 Å². The molecule has 0 saturated heterocycles. The molecule has 0 aromatic heterocycles. The standard InChI is InChI=1S/C14H22BrNO2/c1-4-17-5-6-18-14-10(2)7-13(15)9-12(14)8-11(3)16/h7,9,11H,4-6,8,16H2,1-3H3. The van der Waals surface area contributed by atoms with Gasteiger partial charge in [0.15, 0.2) is 0 Å². The molecule has 0 radical (unpaired) electrons. The molecule has 3 nitrogen and oxygen atoms in total. The van der Waals surface area contributed by atoms with E-state index in [2.05, 4.69) is 28.1 Å². The van der Waals surface area contributed by atoms with Crippen LogP contribution in [0.4, 0.5) is 0 Å². The number of ether oxygens (including phenoxy) is 2. The van der Waals surface area contributed by atoms with Crippen molar-refractivity contribution in [3.8, 4) is 5.75 Å². The average molecular weight is 316 g/mol. The molecule has 0 saturated carbocycles. The van der Waals surface area contributed by atoms with Crippen LogP contribution < -0.4 is 10.5 Å². The molecule has 0 aliphatic heterocycles. The summed E-state index contributed by atoms with van der Waals surface area (Å²) in [6.45, 7) is 7.93. The van der Waals surface area contributed by atoms with Crippen LogP contribution in [0.5, 0.6) is 5.75 Å². The lowest BCUT2D eigenvalue weighted by atomic mass is 10.0. The Kier molecular flexibility index (Phi) is 6.68. The van der Waals surface area contributed by atoms with Crippen LogP contribution in [0, 0.1) is 6.92 Å². The monoisotopic (exact) mass is 315 g/mol. The number of rotatable bonds is 7. The average Bonchev–Trinajstić information content (AvgIpc) is 2.26. The van der Waals surface area contributed by atoms with Gasteiger partial charge in [-0.05, 0) is 50.5 Å². The lowest BCUT2D eigenvalue weighted by Gasteiger charge is -2.16. The number of halogens is 1. The summed E-state index contributed by atoms with van der Waals surface area (Å²) in [4.78, 5) is 0. The molecule has 0 fully saturated rings. The third kappa shape index (κ3) is 4.96. The molecular formula is C14H22BrNO2. The maximum atomic E-state index is 5.87. The second-order valence-corrected chi connectivity index (χ2v) is 5.35. The predicted molar refractivity (Wildman–Crippen MR) is 78.2 cm³/mol. The first-order chi connectivity index (χ1) is 8.54. The zero-order valence-electron chi connectivity index (χ0n) is 11.3. The van der Waals surface area contributed by atoms with E-state index in [0.717, 1.165) is 34.4 Å². The van der Waals surface area contributed by atoms with Crippen molar-refractivity contribution in [2.45, 2.75) is 33.2 Å². The van der Waals surface area contributed by atoms with E-state index in [0.29, 0.717) is 13.2 Å². The van der Waals surface area contributed by atoms with Crippen molar-refractivity contribution < 1.29 is 9.47 Å². The normalized spacial score (nSPS) is 12.5. The van der Waals surface area contributed by atoms with Gasteiger partial charge in [0.05, 0.1) is 6.61 Å². The van der Waals surface area contributed by atoms with Crippen molar-refractivity contribution in [3.05, 3.63) is 27.7 Å². The van der Waals surface area contributed by atoms with Gasteiger partial charge in [-0.1, -0.05) is 15.9 Å². The van der Waals surface area contributed by atoms with Crippen molar-refractivity contribution in [2.75, 3.05) is 19.8 Å². The molecule has 2 N–H and O–H groups in total. The molecule has 1 unspecified atom stereocenters. The van der Waals surface area contributed by atoms with Gasteiger partial charge < -0.3 is 15.2 Å². The smallest absolute Gasteiger partial charge is 0.125 e. The van der Waals surface area contributed by atoms with Crippen molar-refractivity contribution in [3.63, 3.8) is 0 Å². The summed E-state index contributed by atoms with van der Waals surface area (Å²) >= 11 is 3.51. The maximum Gasteiger partial charge on any atom is 0.125 e. The first-order valence-corrected chi connectivity index (χ1v) is 7.09. The highest BCUT2D eigenvalue weighted by Crippen LogP contribution is 2.29. The van der Waals surface area contributed by atoms with E-state index in [1.54, 1.807) is 0 Å². The van der Waals surface area contributed by atoms with Gasteiger partial charge >= 0.3 is 0 Å². The lowest BCUT2D eigenvalue weighted by molar-refractivity contribution is 0.109. The number of hydrogen-bond donors (Lipinski definition) is 1. The molecule has 0 amide bonds. The molecule has 1 rings (SSSR count). The van der Waals surface area contributed by atoms with Gasteiger partial charge in [-0.25, -0.2) is 0 Å². The Labute approximate surface area is 118 Å². The van der Waals surface area contributed by atoms with E-state index >= 15 is 0 Å². The Morgan fingerprint density at radius 2 is 2.06 bits per heavy atom. The van der Waals surface area contributed by atoms with Gasteiger partial charge in [0.1, 0.15) is 12.4 Å². The van der Waals surface area contributed by atoms with Gasteiger partial charge in [-0.2, -0.15) is 0 Å². The third-order valence-corrected chi connectivity index (χ3v) is 2.99. The second kappa shape index (κ2) is 7.77. The van der Waals surface area contributed by atoms with Crippen molar-refractivity contribution in [2.24, 2.45) is 5.73 Å². The van der Waals surface area contributed by atoms with Crippen LogP contribution in [0.1, 0.15) is 25.0 Å². The SMILES string of the molecule is CCOCCOc1c(C)cc(Br)cc1CC(C)N. The molecule has 1 atom stereocenters. The Balaban J connectivity index is 2.79. The van der Waals surface area contributed by atoms with Gasteiger partial charge in [-0.3, -0.25) is 0 Å². The van der Waals surface area contributed by atoms with Crippen molar-refractivity contribution in [1.29, 1.82) is 0 Å². The Morgan fingerprint density at radius 1 is 1.33 bits per heavy atom. The molecule has 0 spiro atoms. The fourth-order valence-electron chi connectivity index (χ4n) is 1.85. The molecule has 0 aliphatic rings. The lowest BCUT2D eigenvalue weighted by Crippen LogP contribution is -2.19. The van der Waals surface area contributed by atoms with E-state index in [9.17, 15) is 0 Å². The first-order valence-electron chi connectivity index (χ1n) is 6.29. The zero-order chi connectivity index (χ0) is 13.5. The quantitative estimate of drug-likeness (QED) is 0.786. The van der Waals surface area contributed by atoms with Crippen LogP contribution in [0.15, 0.2) is 16.6 Å². The molecule has 1 aromatic rings. The molecule has 18 heavy (non-hydrogen) atoms. The van der Waals surface area contributed by atoms with Crippen LogP contribution in [-0.4, -0.2) is 25.9 Å². The molecular weight excluding hydrogens is 294 g/mol. The van der Waals surface area contributed by atoms with Crippen LogP contribution in [-0.2, 0) is 11.2 Å². The van der Waals surface area contributed by atoms with Gasteiger partial charge in [0, 0.05) is 17.1 Å². The molecule has 102 valence electrons. The number of nitrogens with two attached hydrogens (primary N) is 1. The molecule has 1 aromatic carbocycles. The van der Waals surface area contributed by atoms with Gasteiger partial charge in [0.2, 0.25) is 0 Å². The first kappa shape index (κ1) is 15.5. The fourth-order valence-corrected chi connectivity index (χ4v) is 2.47. The molecule has 0 bridgehead atoms. The summed E-state index contributed by atoms with van der Waals surface area (Å²) in [5.74, 6) is 0.940. The summed E-state index contributed by atoms with van der Waals surface area (Å²) in [7, 11) is 0. The second-order valence-electron chi connectivity index (χ2n) is 4.44. The summed E-state index contributed by atoms with van der Waals surface area (Å²) in [5.41, 5.74) is 8.14. The number of hydrogen-bond acceptors (Lipinski definition) is 3. The highest BCUT2D eigenvalue weighted by molar-refractivity contribution is 9.10. The third-order valence-electron chi connectivity index (χ3n) is 2.54. The highest BCUT2D eigenvalue weighted by atomic mass is 79.9. The minimum atomic E-state index is 0.118. The summed E-state index contributed by atoms with van der Waals surface area (Å²) in [5, 5.41) is 0. The van der Waals surface area contributed by atoms with Crippen molar-refractivity contribution >= 4 is 15.9 Å². The summed E-state index contributed by atoms with van der Waals surface area (Å²) in [6.07, 6.45) is 0.810. The summed E-state index contributed by atoms with van der Waals surface area (Å²) < 4.78 is 12.2. The largest absolute Gasteiger partial charge is 0.491 e. The number of aryl methyl sites for hydroxylation is 1. The molecule has 0 aliphatic carbocycles. The van der Waals surface area contributed by atoms with E-state index in [1.807, 2.05) is 20.8 Å². The topological polar surface area (TPSA) is 44.5 Å². The Bertz CT molecular complexity index is 380. The Hall–Kier alpha value is -0.580. The van der Waals surface area contributed by atoms with Crippen LogP contribution in [0.3, 0.4) is 0 Å². The fraction of sp³-hybridized carbons (Fsp3) is 0.571. The van der Waals surface area contributed by atoms with E-state index in [4.69, 9.17) is 15.2 Å². The highest BCUT2D eigenvalue weighted by Gasteiger charge is 2.10. The minimum absolute atomic E-state index is 0.118. The minimum Gasteiger partial charge on any atom is -0.491 e. The van der Waals surface area contributed by atoms with Crippen LogP contribution in [0.2, 0.25) is 0 Å². The molecule has 4 heteroatoms.